The lowest BCUT2D eigenvalue weighted by atomic mass is 9.76. The minimum atomic E-state index is -0.813. The van der Waals surface area contributed by atoms with E-state index >= 15 is 0 Å². The maximum absolute atomic E-state index is 11.1. The monoisotopic (exact) mass is 393 g/mol. The van der Waals surface area contributed by atoms with E-state index in [2.05, 4.69) is 4.98 Å². The Morgan fingerprint density at radius 2 is 1.86 bits per heavy atom. The van der Waals surface area contributed by atoms with Crippen LogP contribution in [0.25, 0.3) is 11.5 Å². The summed E-state index contributed by atoms with van der Waals surface area (Å²) in [4.78, 5) is 15.7. The van der Waals surface area contributed by atoms with Crippen LogP contribution in [0.3, 0.4) is 0 Å². The van der Waals surface area contributed by atoms with Crippen molar-refractivity contribution in [2.75, 3.05) is 19.8 Å². The summed E-state index contributed by atoms with van der Waals surface area (Å²) in [5.41, 5.74) is 2.38. The zero-order chi connectivity index (χ0) is 20.3. The van der Waals surface area contributed by atoms with Gasteiger partial charge in [0.1, 0.15) is 11.5 Å². The van der Waals surface area contributed by atoms with E-state index in [9.17, 15) is 4.79 Å². The summed E-state index contributed by atoms with van der Waals surface area (Å²) in [7, 11) is 0. The van der Waals surface area contributed by atoms with Crippen LogP contribution in [0.2, 0.25) is 0 Å². The Hall–Kier alpha value is -3.12. The highest BCUT2D eigenvalue weighted by Crippen LogP contribution is 2.36. The molecule has 1 aliphatic rings. The molecule has 1 saturated heterocycles. The van der Waals surface area contributed by atoms with Crippen LogP contribution < -0.4 is 4.74 Å². The maximum atomic E-state index is 11.1. The third kappa shape index (κ3) is 4.17. The first-order valence-electron chi connectivity index (χ1n) is 9.60. The smallest absolute Gasteiger partial charge is 0.304 e. The average molecular weight is 393 g/mol. The lowest BCUT2D eigenvalue weighted by molar-refractivity contribution is -0.145. The van der Waals surface area contributed by atoms with Gasteiger partial charge in [0.15, 0.2) is 0 Å². The summed E-state index contributed by atoms with van der Waals surface area (Å²) in [6.07, 6.45) is 0.711. The second-order valence-corrected chi connectivity index (χ2v) is 7.35. The molecule has 6 nitrogen and oxygen atoms in total. The van der Waals surface area contributed by atoms with Crippen LogP contribution in [0.15, 0.2) is 59.0 Å². The standard InChI is InChI=1S/C23H23NO5/c1-16-20(24-22(29-16)17-5-3-2-4-6-17)11-12-28-19-9-7-18(8-10-19)23(13-21(25)26)14-27-15-23/h2-10H,11-15H2,1H3,(H,25,26). The van der Waals surface area contributed by atoms with E-state index in [0.29, 0.717) is 32.1 Å². The number of rotatable bonds is 8. The second-order valence-electron chi connectivity index (χ2n) is 7.35. The maximum Gasteiger partial charge on any atom is 0.304 e. The molecule has 0 spiro atoms. The zero-order valence-corrected chi connectivity index (χ0v) is 16.3. The molecule has 0 amide bonds. The summed E-state index contributed by atoms with van der Waals surface area (Å²) >= 11 is 0. The molecule has 0 unspecified atom stereocenters. The van der Waals surface area contributed by atoms with E-state index < -0.39 is 11.4 Å². The number of oxazole rings is 1. The minimum absolute atomic E-state index is 0.0718. The first kappa shape index (κ1) is 19.2. The number of carbonyl (C=O) groups is 1. The number of nitrogens with zero attached hydrogens (tertiary/aromatic N) is 1. The number of carboxylic acids is 1. The second kappa shape index (κ2) is 8.09. The van der Waals surface area contributed by atoms with Crippen molar-refractivity contribution in [2.45, 2.75) is 25.2 Å². The molecule has 6 heteroatoms. The predicted octanol–water partition coefficient (Wildman–Crippen LogP) is 4.01. The van der Waals surface area contributed by atoms with Gasteiger partial charge in [-0.3, -0.25) is 4.79 Å². The summed E-state index contributed by atoms with van der Waals surface area (Å²) in [6, 6.07) is 17.4. The molecule has 3 aromatic rings. The first-order valence-corrected chi connectivity index (χ1v) is 9.60. The first-order chi connectivity index (χ1) is 14.1. The van der Waals surface area contributed by atoms with E-state index in [0.717, 1.165) is 28.3 Å². The molecular formula is C23H23NO5. The summed E-state index contributed by atoms with van der Waals surface area (Å²) in [5.74, 6) is 1.34. The lowest BCUT2D eigenvalue weighted by Crippen LogP contribution is -2.48. The van der Waals surface area contributed by atoms with E-state index in [-0.39, 0.29) is 6.42 Å². The average Bonchev–Trinajstić information content (AvgIpc) is 3.07. The number of hydrogen-bond acceptors (Lipinski definition) is 5. The summed E-state index contributed by atoms with van der Waals surface area (Å²) < 4.78 is 16.9. The van der Waals surface area contributed by atoms with E-state index in [4.69, 9.17) is 19.0 Å². The van der Waals surface area contributed by atoms with E-state index in [1.165, 1.54) is 0 Å². The molecule has 1 aliphatic heterocycles. The predicted molar refractivity (Wildman–Crippen MR) is 107 cm³/mol. The van der Waals surface area contributed by atoms with Gasteiger partial charge in [-0.25, -0.2) is 4.98 Å². The summed E-state index contributed by atoms with van der Waals surface area (Å²) in [6.45, 7) is 3.26. The van der Waals surface area contributed by atoms with Gasteiger partial charge in [0.2, 0.25) is 5.89 Å². The molecule has 1 N–H and O–H groups in total. The van der Waals surface area contributed by atoms with Crippen LogP contribution in [-0.2, 0) is 21.4 Å². The zero-order valence-electron chi connectivity index (χ0n) is 16.3. The van der Waals surface area contributed by atoms with Crippen molar-refractivity contribution in [1.82, 2.24) is 4.98 Å². The number of aliphatic carboxylic acids is 1. The molecule has 1 aromatic heterocycles. The molecule has 0 saturated carbocycles. The number of aryl methyl sites for hydroxylation is 1. The summed E-state index contributed by atoms with van der Waals surface area (Å²) in [5, 5.41) is 9.16. The Morgan fingerprint density at radius 1 is 1.14 bits per heavy atom. The Balaban J connectivity index is 1.36. The fourth-order valence-corrected chi connectivity index (χ4v) is 3.54. The molecular weight excluding hydrogens is 370 g/mol. The topological polar surface area (TPSA) is 81.8 Å². The normalized spacial score (nSPS) is 14.9. The van der Waals surface area contributed by atoms with Crippen LogP contribution in [-0.4, -0.2) is 35.9 Å². The highest BCUT2D eigenvalue weighted by Gasteiger charge is 2.42. The molecule has 150 valence electrons. The van der Waals surface area contributed by atoms with Gasteiger partial charge in [-0.15, -0.1) is 0 Å². The third-order valence-corrected chi connectivity index (χ3v) is 5.23. The van der Waals surface area contributed by atoms with Gasteiger partial charge >= 0.3 is 5.97 Å². The molecule has 0 radical (unpaired) electrons. The van der Waals surface area contributed by atoms with Gasteiger partial charge < -0.3 is 19.0 Å². The molecule has 0 bridgehead atoms. The van der Waals surface area contributed by atoms with Gasteiger partial charge in [0.25, 0.3) is 0 Å². The van der Waals surface area contributed by atoms with Crippen LogP contribution in [0.1, 0.15) is 23.4 Å². The van der Waals surface area contributed by atoms with E-state index in [1.807, 2.05) is 61.5 Å². The van der Waals surface area contributed by atoms with Crippen molar-refractivity contribution >= 4 is 5.97 Å². The van der Waals surface area contributed by atoms with Crippen molar-refractivity contribution in [3.63, 3.8) is 0 Å². The fourth-order valence-electron chi connectivity index (χ4n) is 3.54. The van der Waals surface area contributed by atoms with Crippen molar-refractivity contribution in [2.24, 2.45) is 0 Å². The molecule has 0 atom stereocenters. The van der Waals surface area contributed by atoms with Gasteiger partial charge in [-0.1, -0.05) is 30.3 Å². The Morgan fingerprint density at radius 3 is 2.48 bits per heavy atom. The van der Waals surface area contributed by atoms with Crippen molar-refractivity contribution in [1.29, 1.82) is 0 Å². The largest absolute Gasteiger partial charge is 0.493 e. The quantitative estimate of drug-likeness (QED) is 0.623. The van der Waals surface area contributed by atoms with E-state index in [1.54, 1.807) is 0 Å². The molecule has 29 heavy (non-hydrogen) atoms. The fraction of sp³-hybridized carbons (Fsp3) is 0.304. The lowest BCUT2D eigenvalue weighted by Gasteiger charge is -2.40. The van der Waals surface area contributed by atoms with Crippen LogP contribution >= 0.6 is 0 Å². The highest BCUT2D eigenvalue weighted by molar-refractivity contribution is 5.69. The van der Waals surface area contributed by atoms with Crippen LogP contribution in [0.5, 0.6) is 5.75 Å². The van der Waals surface area contributed by atoms with Gasteiger partial charge in [0, 0.05) is 12.0 Å². The number of aromatic nitrogens is 1. The third-order valence-electron chi connectivity index (χ3n) is 5.23. The molecule has 1 fully saturated rings. The minimum Gasteiger partial charge on any atom is -0.493 e. The number of hydrogen-bond donors (Lipinski definition) is 1. The number of benzene rings is 2. The SMILES string of the molecule is Cc1oc(-c2ccccc2)nc1CCOc1ccc(C2(CC(=O)O)COC2)cc1. The van der Waals surface area contributed by atoms with Crippen molar-refractivity contribution < 1.29 is 23.8 Å². The van der Waals surface area contributed by atoms with Gasteiger partial charge in [0.05, 0.1) is 37.4 Å². The van der Waals surface area contributed by atoms with Crippen LogP contribution in [0.4, 0.5) is 0 Å². The Kier molecular flexibility index (Phi) is 5.36. The van der Waals surface area contributed by atoms with Crippen molar-refractivity contribution in [3.8, 4) is 17.2 Å². The van der Waals surface area contributed by atoms with Gasteiger partial charge in [-0.05, 0) is 36.8 Å². The Labute approximate surface area is 169 Å². The molecule has 0 aliphatic carbocycles. The highest BCUT2D eigenvalue weighted by atomic mass is 16.5. The molecule has 2 heterocycles. The number of carboxylic acid groups (broad SMARTS) is 1. The van der Waals surface area contributed by atoms with Gasteiger partial charge in [-0.2, -0.15) is 0 Å². The molecule has 4 rings (SSSR count). The molecule has 2 aromatic carbocycles. The number of ether oxygens (including phenoxy) is 2. The van der Waals surface area contributed by atoms with Crippen molar-refractivity contribution in [3.05, 3.63) is 71.6 Å². The van der Waals surface area contributed by atoms with Crippen LogP contribution in [0, 0.1) is 6.92 Å². The Bertz CT molecular complexity index is 974.